The summed E-state index contributed by atoms with van der Waals surface area (Å²) in [7, 11) is 0. The molecule has 0 aromatic heterocycles. The van der Waals surface area contributed by atoms with Crippen LogP contribution in [0.1, 0.15) is 126 Å². The van der Waals surface area contributed by atoms with Crippen molar-refractivity contribution in [2.75, 3.05) is 6.61 Å². The lowest BCUT2D eigenvalue weighted by atomic mass is 9.47. The van der Waals surface area contributed by atoms with Crippen LogP contribution in [0.15, 0.2) is 11.6 Å². The van der Waals surface area contributed by atoms with Gasteiger partial charge in [-0.05, 0) is 97.2 Å². The number of fused-ring (bicyclic) bond motifs is 5. The van der Waals surface area contributed by atoms with Crippen LogP contribution >= 0.6 is 0 Å². The van der Waals surface area contributed by atoms with Gasteiger partial charge >= 0.3 is 6.16 Å². The van der Waals surface area contributed by atoms with Crippen molar-refractivity contribution >= 4 is 6.16 Å². The van der Waals surface area contributed by atoms with Gasteiger partial charge in [0, 0.05) is 6.42 Å². The summed E-state index contributed by atoms with van der Waals surface area (Å²) in [6.45, 7) is 17.2. The summed E-state index contributed by atoms with van der Waals surface area (Å²) in [5.74, 6) is 5.56. The Hall–Kier alpha value is -0.990. The highest BCUT2D eigenvalue weighted by Crippen LogP contribution is 2.67. The molecule has 0 spiro atoms. The molecule has 3 fully saturated rings. The fraction of sp³-hybridized carbons (Fsp3) is 0.909. The molecule has 0 radical (unpaired) electrons. The van der Waals surface area contributed by atoms with Gasteiger partial charge in [-0.3, -0.25) is 0 Å². The molecule has 4 aliphatic carbocycles. The topological polar surface area (TPSA) is 35.5 Å². The Morgan fingerprint density at radius 1 is 1.03 bits per heavy atom. The third-order valence-corrected chi connectivity index (χ3v) is 11.7. The first-order chi connectivity index (χ1) is 17.1. The molecule has 36 heavy (non-hydrogen) atoms. The van der Waals surface area contributed by atoms with Crippen LogP contribution in [0.2, 0.25) is 0 Å². The summed E-state index contributed by atoms with van der Waals surface area (Å²) in [5, 5.41) is 0. The van der Waals surface area contributed by atoms with Gasteiger partial charge in [0.2, 0.25) is 0 Å². The maximum Gasteiger partial charge on any atom is 0.508 e. The second-order valence-electron chi connectivity index (χ2n) is 14.3. The van der Waals surface area contributed by atoms with Crippen LogP contribution in [0, 0.1) is 52.3 Å². The molecule has 3 heteroatoms. The maximum absolute atomic E-state index is 12.3. The van der Waals surface area contributed by atoms with E-state index in [0.717, 1.165) is 61.2 Å². The first-order valence-electron chi connectivity index (χ1n) is 15.6. The average Bonchev–Trinajstić information content (AvgIpc) is 3.19. The van der Waals surface area contributed by atoms with Crippen molar-refractivity contribution in [1.29, 1.82) is 0 Å². The summed E-state index contributed by atoms with van der Waals surface area (Å²) in [6.07, 6.45) is 17.3. The Balaban J connectivity index is 1.38. The molecule has 0 heterocycles. The Labute approximate surface area is 222 Å². The highest BCUT2D eigenvalue weighted by atomic mass is 16.7. The molecular formula is C33H56O3. The molecular weight excluding hydrogens is 444 g/mol. The van der Waals surface area contributed by atoms with Crippen LogP contribution in [-0.2, 0) is 9.47 Å². The summed E-state index contributed by atoms with van der Waals surface area (Å²) in [6, 6.07) is 0. The van der Waals surface area contributed by atoms with E-state index in [9.17, 15) is 4.79 Å². The quantitative estimate of drug-likeness (QED) is 0.233. The minimum Gasteiger partial charge on any atom is -0.434 e. The van der Waals surface area contributed by atoms with E-state index in [-0.39, 0.29) is 6.10 Å². The SMILES string of the molecule is CC[C@@H](C)COC(=O)O[C@H]1CC[C@@]2(C)C(=CC[C@@H]3[C@H]4CC[C@@H]([C@@H](C)CCCC(C)C)[C@@]4(C)CC[C@H]32)C1. The summed E-state index contributed by atoms with van der Waals surface area (Å²) in [4.78, 5) is 12.3. The third kappa shape index (κ3) is 5.56. The third-order valence-electron chi connectivity index (χ3n) is 11.7. The smallest absolute Gasteiger partial charge is 0.434 e. The van der Waals surface area contributed by atoms with E-state index >= 15 is 0 Å². The first kappa shape index (κ1) is 28.0. The Kier molecular flexibility index (Phi) is 8.88. The molecule has 0 aromatic carbocycles. The molecule has 0 bridgehead atoms. The first-order valence-corrected chi connectivity index (χ1v) is 15.6. The highest BCUT2D eigenvalue weighted by molar-refractivity contribution is 5.60. The maximum atomic E-state index is 12.3. The van der Waals surface area contributed by atoms with Gasteiger partial charge in [0.15, 0.2) is 0 Å². The van der Waals surface area contributed by atoms with E-state index in [1.807, 2.05) is 0 Å². The van der Waals surface area contributed by atoms with E-state index in [2.05, 4.69) is 54.5 Å². The minimum absolute atomic E-state index is 0.0123. The number of hydrogen-bond donors (Lipinski definition) is 0. The fourth-order valence-corrected chi connectivity index (χ4v) is 9.25. The van der Waals surface area contributed by atoms with Crippen molar-refractivity contribution in [3.8, 4) is 0 Å². The second-order valence-corrected chi connectivity index (χ2v) is 14.3. The standard InChI is InChI=1S/C33H56O3/c1-8-23(4)21-35-31(34)36-26-16-18-32(6)25(20-26)12-13-27-29-15-14-28(24(5)11-9-10-22(2)3)33(29,7)19-17-30(27)32/h12,22-24,26-30H,8-11,13-21H2,1-7H3/t23-,24+,26+,27-,28+,29-,30-,32+,33-/m1/s1. The van der Waals surface area contributed by atoms with Crippen molar-refractivity contribution in [3.63, 3.8) is 0 Å². The molecule has 0 saturated heterocycles. The molecule has 0 amide bonds. The zero-order valence-corrected chi connectivity index (χ0v) is 24.6. The number of carbonyl (C=O) groups is 1. The Morgan fingerprint density at radius 2 is 1.81 bits per heavy atom. The second kappa shape index (κ2) is 11.4. The van der Waals surface area contributed by atoms with Crippen LogP contribution in [0.25, 0.3) is 0 Å². The van der Waals surface area contributed by atoms with Crippen molar-refractivity contribution in [1.82, 2.24) is 0 Å². The lowest BCUT2D eigenvalue weighted by molar-refractivity contribution is -0.0621. The molecule has 9 atom stereocenters. The van der Waals surface area contributed by atoms with Gasteiger partial charge < -0.3 is 9.47 Å². The van der Waals surface area contributed by atoms with Gasteiger partial charge in [-0.25, -0.2) is 4.79 Å². The van der Waals surface area contributed by atoms with Crippen molar-refractivity contribution in [2.24, 2.45) is 52.3 Å². The minimum atomic E-state index is -0.467. The monoisotopic (exact) mass is 500 g/mol. The molecule has 0 N–H and O–H groups in total. The highest BCUT2D eigenvalue weighted by Gasteiger charge is 2.59. The van der Waals surface area contributed by atoms with E-state index in [1.165, 1.54) is 51.4 Å². The number of hydrogen-bond acceptors (Lipinski definition) is 3. The molecule has 3 nitrogen and oxygen atoms in total. The van der Waals surface area contributed by atoms with Gasteiger partial charge in [0.25, 0.3) is 0 Å². The molecule has 0 aliphatic heterocycles. The van der Waals surface area contributed by atoms with Gasteiger partial charge in [0.1, 0.15) is 6.10 Å². The lowest BCUT2D eigenvalue weighted by Crippen LogP contribution is -2.51. The van der Waals surface area contributed by atoms with E-state index < -0.39 is 6.16 Å². The summed E-state index contributed by atoms with van der Waals surface area (Å²) >= 11 is 0. The van der Waals surface area contributed by atoms with Crippen LogP contribution in [0.5, 0.6) is 0 Å². The predicted octanol–water partition coefficient (Wildman–Crippen LogP) is 9.60. The number of ether oxygens (including phenoxy) is 2. The van der Waals surface area contributed by atoms with Crippen LogP contribution in [-0.4, -0.2) is 18.9 Å². The molecule has 3 saturated carbocycles. The molecule has 0 unspecified atom stereocenters. The number of rotatable bonds is 9. The fourth-order valence-electron chi connectivity index (χ4n) is 9.25. The van der Waals surface area contributed by atoms with E-state index in [0.29, 0.717) is 23.4 Å². The molecule has 0 aromatic rings. The molecule has 4 rings (SSSR count). The van der Waals surface area contributed by atoms with Gasteiger partial charge in [-0.1, -0.05) is 85.8 Å². The largest absolute Gasteiger partial charge is 0.508 e. The summed E-state index contributed by atoms with van der Waals surface area (Å²) < 4.78 is 11.2. The van der Waals surface area contributed by atoms with Gasteiger partial charge in [-0.2, -0.15) is 0 Å². The zero-order chi connectivity index (χ0) is 26.1. The van der Waals surface area contributed by atoms with E-state index in [1.54, 1.807) is 5.57 Å². The van der Waals surface area contributed by atoms with Crippen LogP contribution in [0.4, 0.5) is 4.79 Å². The van der Waals surface area contributed by atoms with Gasteiger partial charge in [0.05, 0.1) is 6.61 Å². The normalized spacial score (nSPS) is 39.4. The van der Waals surface area contributed by atoms with Crippen molar-refractivity contribution in [3.05, 3.63) is 11.6 Å². The van der Waals surface area contributed by atoms with Crippen LogP contribution < -0.4 is 0 Å². The number of carbonyl (C=O) groups excluding carboxylic acids is 1. The Bertz CT molecular complexity index is 786. The van der Waals surface area contributed by atoms with Crippen molar-refractivity contribution in [2.45, 2.75) is 132 Å². The lowest BCUT2D eigenvalue weighted by Gasteiger charge is -2.58. The van der Waals surface area contributed by atoms with Crippen molar-refractivity contribution < 1.29 is 14.3 Å². The van der Waals surface area contributed by atoms with E-state index in [4.69, 9.17) is 9.47 Å². The Morgan fingerprint density at radius 3 is 2.53 bits per heavy atom. The van der Waals surface area contributed by atoms with Gasteiger partial charge in [-0.15, -0.1) is 0 Å². The average molecular weight is 501 g/mol. The number of allylic oxidation sites excluding steroid dienone is 1. The predicted molar refractivity (Wildman–Crippen MR) is 149 cm³/mol. The zero-order valence-electron chi connectivity index (χ0n) is 24.6. The van der Waals surface area contributed by atoms with Crippen LogP contribution in [0.3, 0.4) is 0 Å². The molecule has 4 aliphatic rings. The molecule has 206 valence electrons. The summed E-state index contributed by atoms with van der Waals surface area (Å²) in [5.41, 5.74) is 2.42.